The van der Waals surface area contributed by atoms with Gasteiger partial charge < -0.3 is 104 Å². The molecule has 0 radical (unpaired) electrons. The normalized spacial score (nSPS) is 13.0. The Hall–Kier alpha value is -15.9. The van der Waals surface area contributed by atoms with E-state index in [1.54, 1.807) is 178 Å². The number of Topliss-reactive ketones (excluding diaryl/α,β-unsaturated/α-hetero) is 4. The molecule has 0 heterocycles. The molecule has 6 rings (SSSR count). The SMILES string of the molecule is CC[C@H](NC(=O)[C@@H](CC(=O)[C@H](CC(=O)O)NC(=O)Cc1ccc(CNC=O)cc1)Cc1ccccc1)C(=O)O.CC[C@H](NC(=O)[C@@H](CC(=O)[C@H](CC(=O)O)NC=O)Cc1ccccc1)C(=O)O.O=CNCc1ccc(CC(=O)N[C@@H](CC(=O)O)C(=O)C[C@@H](CC(=O)O)C(=O)N[C@@H](CS)C(=O)O)cc1.O=CNCc1ccc(CC(=O)N[C@@H](Cc2ccccc2)C(=O)C[C@@H](CC(=O)O)C(=O)N[C@@H](CS)C(=O)O)cc1. The molecule has 20 N–H and O–H groups in total. The summed E-state index contributed by atoms with van der Waals surface area (Å²) in [5, 5.41) is 109. The van der Waals surface area contributed by atoms with Gasteiger partial charge in [0.25, 0.3) is 0 Å². The van der Waals surface area contributed by atoms with Crippen LogP contribution < -0.4 is 58.5 Å². The first kappa shape index (κ1) is 120. The largest absolute Gasteiger partial charge is 0.481 e. The predicted molar refractivity (Wildman–Crippen MR) is 509 cm³/mol. The highest BCUT2D eigenvalue weighted by Gasteiger charge is 2.37. The van der Waals surface area contributed by atoms with Gasteiger partial charge in [-0.05, 0) is 82.2 Å². The van der Waals surface area contributed by atoms with Crippen molar-refractivity contribution >= 4 is 169 Å². The van der Waals surface area contributed by atoms with Crippen molar-refractivity contribution in [2.45, 2.75) is 191 Å². The van der Waals surface area contributed by atoms with E-state index in [0.29, 0.717) is 49.0 Å². The Kier molecular flexibility index (Phi) is 55.7. The van der Waals surface area contributed by atoms with E-state index in [4.69, 9.17) is 25.5 Å². The zero-order valence-corrected chi connectivity index (χ0v) is 78.9. The van der Waals surface area contributed by atoms with Gasteiger partial charge in [0.05, 0.1) is 87.4 Å². The number of thiol groups is 2. The topological polar surface area (TPSA) is 724 Å². The van der Waals surface area contributed by atoms with Crippen LogP contribution in [0.5, 0.6) is 0 Å². The lowest BCUT2D eigenvalue weighted by Gasteiger charge is -2.22. The Labute approximate surface area is 824 Å². The fourth-order valence-electron chi connectivity index (χ4n) is 13.5. The molecule has 44 nitrogen and oxygen atoms in total. The molecule has 0 spiro atoms. The molecule has 142 heavy (non-hydrogen) atoms. The van der Waals surface area contributed by atoms with Crippen molar-refractivity contribution in [1.82, 2.24) is 58.5 Å². The minimum Gasteiger partial charge on any atom is -0.481 e. The molecule has 12 atom stereocenters. The number of hydrogen-bond acceptors (Lipinski definition) is 26. The number of carboxylic acids is 9. The second kappa shape index (κ2) is 65.8. The first-order valence-electron chi connectivity index (χ1n) is 44.0. The maximum absolute atomic E-state index is 13.3. The van der Waals surface area contributed by atoms with Gasteiger partial charge in [-0.15, -0.1) is 0 Å². The molecule has 764 valence electrons. The summed E-state index contributed by atoms with van der Waals surface area (Å²) in [6, 6.07) is 36.6. The maximum atomic E-state index is 13.3. The van der Waals surface area contributed by atoms with Crippen LogP contribution in [-0.2, 0) is 173 Å². The third-order valence-electron chi connectivity index (χ3n) is 21.0. The average Bonchev–Trinajstić information content (AvgIpc) is 0.871. The first-order valence-corrected chi connectivity index (χ1v) is 45.2. The van der Waals surface area contributed by atoms with Crippen LogP contribution in [-0.4, -0.2) is 250 Å². The third-order valence-corrected chi connectivity index (χ3v) is 21.7. The molecule has 0 aromatic heterocycles. The lowest BCUT2D eigenvalue weighted by molar-refractivity contribution is -0.145. The minimum atomic E-state index is -1.55. The zero-order valence-electron chi connectivity index (χ0n) is 77.1. The van der Waals surface area contributed by atoms with Gasteiger partial charge in [-0.3, -0.25) is 95.9 Å². The Morgan fingerprint density at radius 2 is 0.493 bits per heavy atom. The lowest BCUT2D eigenvalue weighted by atomic mass is 9.90. The minimum absolute atomic E-state index is 0.0404. The van der Waals surface area contributed by atoms with Crippen LogP contribution >= 0.6 is 25.3 Å². The summed E-state index contributed by atoms with van der Waals surface area (Å²) in [5.41, 5.74) is 6.50. The standard InChI is InChI=1S/C28H33N3O8.C27H31N3O8S.C22H27N3O10S.C19H24N2O7/c1-2-22(28(38)39)31-27(37)21(12-18-6-4-3-5-7-18)14-24(33)23(15-26(35)36)30-25(34)13-19-8-10-20(11-9-19)16-29-17-32;31-16-28-14-19-8-6-18(7-9-19)11-24(33)29-21(10-17-4-2-1-3-5-17)23(32)12-20(13-25(34)35)26(36)30-22(15-39)27(37)38;26-11-23-9-13-3-1-12(2-4-13)5-18(28)24-15(8-20(31)32)17(27)6-14(7-19(29)30)21(33)25-16(10-36)22(34)35;1-2-14(19(27)28)21-18(26)13(8-12-6-4-3-5-7-12)9-16(23)15(20-11-22)10-17(24)25/h3-11,17,21-23H,2,12-16H2,1H3,(H,29,32)(H,30,34)(H,31,37)(H,35,36)(H,38,39);1-9,16,20-22,39H,10-15H2,(H,28,31)(H,29,33)(H,30,36)(H,34,35)(H,37,38);1-4,11,14-16,36H,5-10H2,(H,23,26)(H,24,28)(H,25,33)(H,29,30)(H,31,32)(H,34,35);3-7,11,13-15H,2,8-10H2,1H3,(H,20,22)(H,21,26)(H,24,25)(H,27,28)/t21-,22+,23+;20-,21-,22-;14-,15-,16-;13-,14+,15+/m1001/s1. The zero-order chi connectivity index (χ0) is 106. The number of aliphatic carboxylic acids is 9. The summed E-state index contributed by atoms with van der Waals surface area (Å²) in [4.78, 5) is 284. The van der Waals surface area contributed by atoms with Crippen molar-refractivity contribution < 1.29 is 161 Å². The van der Waals surface area contributed by atoms with E-state index in [1.165, 1.54) is 0 Å². The highest BCUT2D eigenvalue weighted by Crippen LogP contribution is 2.22. The van der Waals surface area contributed by atoms with Crippen molar-refractivity contribution in [2.24, 2.45) is 23.7 Å². The van der Waals surface area contributed by atoms with Crippen molar-refractivity contribution in [3.63, 3.8) is 0 Å². The van der Waals surface area contributed by atoms with Gasteiger partial charge in [0.15, 0.2) is 23.1 Å². The van der Waals surface area contributed by atoms with Crippen molar-refractivity contribution in [1.29, 1.82) is 0 Å². The second-order valence-electron chi connectivity index (χ2n) is 32.0. The molecule has 0 aliphatic rings. The van der Waals surface area contributed by atoms with Crippen LogP contribution in [0.25, 0.3) is 0 Å². The summed E-state index contributed by atoms with van der Waals surface area (Å²) in [6.45, 7) is 4.17. The van der Waals surface area contributed by atoms with Gasteiger partial charge in [0.2, 0.25) is 67.0 Å². The Balaban J connectivity index is 0.000000490. The molecule has 11 amide bonds. The Morgan fingerprint density at radius 1 is 0.254 bits per heavy atom. The van der Waals surface area contributed by atoms with Gasteiger partial charge >= 0.3 is 53.7 Å². The highest BCUT2D eigenvalue weighted by atomic mass is 32.1. The summed E-state index contributed by atoms with van der Waals surface area (Å²) < 4.78 is 0. The van der Waals surface area contributed by atoms with Gasteiger partial charge in [0, 0.05) is 68.7 Å². The van der Waals surface area contributed by atoms with Gasteiger partial charge in [0.1, 0.15) is 24.2 Å². The van der Waals surface area contributed by atoms with E-state index in [2.05, 4.69) is 83.7 Å². The van der Waals surface area contributed by atoms with Crippen LogP contribution in [0.15, 0.2) is 164 Å². The molecule has 0 saturated heterocycles. The fourth-order valence-corrected chi connectivity index (χ4v) is 14.0. The van der Waals surface area contributed by atoms with Gasteiger partial charge in [-0.2, -0.15) is 25.3 Å². The van der Waals surface area contributed by atoms with Crippen molar-refractivity contribution in [2.75, 3.05) is 11.5 Å². The number of amides is 11. The number of ketones is 4. The number of hydrogen-bond donors (Lipinski definition) is 22. The van der Waals surface area contributed by atoms with Crippen molar-refractivity contribution in [3.05, 3.63) is 214 Å². The Bertz CT molecular complexity index is 5280. The molecular formula is C96H115N11O33S2. The van der Waals surface area contributed by atoms with Crippen LogP contribution in [0.4, 0.5) is 0 Å². The first-order chi connectivity index (χ1) is 67.5. The quantitative estimate of drug-likeness (QED) is 0.0189. The molecule has 0 bridgehead atoms. The maximum Gasteiger partial charge on any atom is 0.327 e. The smallest absolute Gasteiger partial charge is 0.327 e. The van der Waals surface area contributed by atoms with E-state index >= 15 is 0 Å². The number of carbonyl (C=O) groups excluding carboxylic acids is 15. The number of benzene rings is 6. The molecule has 0 saturated carbocycles. The molecular weight excluding hydrogens is 1900 g/mol. The number of carboxylic acid groups (broad SMARTS) is 9. The lowest BCUT2D eigenvalue weighted by Crippen LogP contribution is -2.47. The molecule has 0 aliphatic carbocycles. The highest BCUT2D eigenvalue weighted by molar-refractivity contribution is 7.80. The second-order valence-corrected chi connectivity index (χ2v) is 32.7. The monoisotopic (exact) mass is 2010 g/mol. The van der Waals surface area contributed by atoms with E-state index < -0.39 is 242 Å². The molecule has 0 fully saturated rings. The van der Waals surface area contributed by atoms with E-state index in [-0.39, 0.29) is 82.2 Å². The van der Waals surface area contributed by atoms with Crippen LogP contribution in [0.2, 0.25) is 0 Å². The summed E-state index contributed by atoms with van der Waals surface area (Å²) in [6.07, 6.45) is -3.35. The molecule has 0 unspecified atom stereocenters. The molecule has 46 heteroatoms. The predicted octanol–water partition coefficient (Wildman–Crippen LogP) is 1.34. The van der Waals surface area contributed by atoms with Crippen molar-refractivity contribution in [3.8, 4) is 0 Å². The Morgan fingerprint density at radius 3 is 0.754 bits per heavy atom. The number of rotatable bonds is 64. The van der Waals surface area contributed by atoms with E-state index in [0.717, 1.165) is 33.4 Å². The van der Waals surface area contributed by atoms with E-state index in [9.17, 15) is 135 Å². The van der Waals surface area contributed by atoms with Gasteiger partial charge in [-0.25, -0.2) is 19.2 Å². The van der Waals surface area contributed by atoms with Gasteiger partial charge in [-0.1, -0.05) is 178 Å². The summed E-state index contributed by atoms with van der Waals surface area (Å²) in [5.74, 6) is -24.8. The number of carbonyl (C=O) groups is 24. The summed E-state index contributed by atoms with van der Waals surface area (Å²) in [7, 11) is 0. The fraction of sp³-hybridized carbons (Fsp3) is 0.375. The summed E-state index contributed by atoms with van der Waals surface area (Å²) >= 11 is 7.68. The molecule has 6 aromatic rings. The third kappa shape index (κ3) is 48.4. The van der Waals surface area contributed by atoms with Crippen LogP contribution in [0, 0.1) is 23.7 Å². The van der Waals surface area contributed by atoms with E-state index in [1.807, 2.05) is 0 Å². The number of nitrogens with one attached hydrogen (secondary N) is 11. The molecule has 0 aliphatic heterocycles. The van der Waals surface area contributed by atoms with Crippen LogP contribution in [0.1, 0.15) is 135 Å². The molecule has 6 aromatic carbocycles. The average molecular weight is 2020 g/mol. The van der Waals surface area contributed by atoms with Crippen LogP contribution in [0.3, 0.4) is 0 Å².